The molecule has 6 heteroatoms. The lowest BCUT2D eigenvalue weighted by Crippen LogP contribution is -2.24. The first kappa shape index (κ1) is 16.8. The topological polar surface area (TPSA) is 59.1 Å². The van der Waals surface area contributed by atoms with E-state index in [1.165, 1.54) is 0 Å². The standard InChI is InChI=1S/C18H18N2O2S2/c1-13-3-4-18(14(2)9-13)24(21,22)20-11-15-5-7-19-17(10-15)16-6-8-23-12-16/h3-10,12,20H,11H2,1-2H3. The predicted octanol–water partition coefficient (Wildman–Crippen LogP) is 3.91. The predicted molar refractivity (Wildman–Crippen MR) is 97.5 cm³/mol. The molecule has 2 heterocycles. The molecule has 0 atom stereocenters. The van der Waals surface area contributed by atoms with E-state index in [2.05, 4.69) is 9.71 Å². The molecule has 2 aromatic heterocycles. The number of rotatable bonds is 5. The molecule has 0 aliphatic rings. The van der Waals surface area contributed by atoms with Gasteiger partial charge in [-0.3, -0.25) is 4.98 Å². The summed E-state index contributed by atoms with van der Waals surface area (Å²) >= 11 is 1.61. The van der Waals surface area contributed by atoms with Gasteiger partial charge in [-0.15, -0.1) is 0 Å². The monoisotopic (exact) mass is 358 g/mol. The van der Waals surface area contributed by atoms with E-state index in [1.807, 2.05) is 54.9 Å². The highest BCUT2D eigenvalue weighted by molar-refractivity contribution is 7.89. The van der Waals surface area contributed by atoms with Crippen LogP contribution in [0, 0.1) is 13.8 Å². The second-order valence-electron chi connectivity index (χ2n) is 5.65. The van der Waals surface area contributed by atoms with E-state index in [1.54, 1.807) is 23.6 Å². The lowest BCUT2D eigenvalue weighted by atomic mass is 10.1. The van der Waals surface area contributed by atoms with Crippen LogP contribution in [0.1, 0.15) is 16.7 Å². The molecule has 0 fully saturated rings. The Bertz CT molecular complexity index is 949. The third kappa shape index (κ3) is 3.72. The highest BCUT2D eigenvalue weighted by Crippen LogP contribution is 2.21. The van der Waals surface area contributed by atoms with Crippen LogP contribution in [0.4, 0.5) is 0 Å². The minimum Gasteiger partial charge on any atom is -0.256 e. The van der Waals surface area contributed by atoms with Crippen LogP contribution >= 0.6 is 11.3 Å². The zero-order chi connectivity index (χ0) is 17.2. The van der Waals surface area contributed by atoms with Crippen LogP contribution in [0.3, 0.4) is 0 Å². The summed E-state index contributed by atoms with van der Waals surface area (Å²) in [6, 6.07) is 11.1. The van der Waals surface area contributed by atoms with Crippen molar-refractivity contribution in [2.24, 2.45) is 0 Å². The number of aromatic nitrogens is 1. The minimum atomic E-state index is -3.54. The molecule has 0 spiro atoms. The van der Waals surface area contributed by atoms with Crippen LogP contribution in [0.25, 0.3) is 11.3 Å². The SMILES string of the molecule is Cc1ccc(S(=O)(=O)NCc2ccnc(-c3ccsc3)c2)c(C)c1. The summed E-state index contributed by atoms with van der Waals surface area (Å²) in [5, 5.41) is 4.01. The maximum atomic E-state index is 12.5. The van der Waals surface area contributed by atoms with E-state index in [9.17, 15) is 8.42 Å². The molecule has 0 radical (unpaired) electrons. The number of thiophene rings is 1. The van der Waals surface area contributed by atoms with Gasteiger partial charge in [0.15, 0.2) is 0 Å². The van der Waals surface area contributed by atoms with Crippen molar-refractivity contribution in [3.8, 4) is 11.3 Å². The van der Waals surface area contributed by atoms with Crippen molar-refractivity contribution in [3.05, 3.63) is 70.0 Å². The fraction of sp³-hybridized carbons (Fsp3) is 0.167. The Hall–Kier alpha value is -2.02. The molecule has 0 saturated heterocycles. The number of benzene rings is 1. The Morgan fingerprint density at radius 2 is 1.96 bits per heavy atom. The molecule has 1 N–H and O–H groups in total. The molecule has 0 saturated carbocycles. The molecule has 0 aliphatic carbocycles. The van der Waals surface area contributed by atoms with Crippen LogP contribution < -0.4 is 4.72 Å². The molecule has 1 aromatic carbocycles. The molecule has 0 unspecified atom stereocenters. The van der Waals surface area contributed by atoms with E-state index in [0.717, 1.165) is 27.9 Å². The number of pyridine rings is 1. The molecule has 24 heavy (non-hydrogen) atoms. The van der Waals surface area contributed by atoms with Crippen LogP contribution in [-0.4, -0.2) is 13.4 Å². The van der Waals surface area contributed by atoms with Gasteiger partial charge in [0, 0.05) is 23.7 Å². The summed E-state index contributed by atoms with van der Waals surface area (Å²) in [5.41, 5.74) is 4.55. The zero-order valence-electron chi connectivity index (χ0n) is 13.5. The fourth-order valence-electron chi connectivity index (χ4n) is 2.51. The van der Waals surface area contributed by atoms with Crippen LogP contribution in [0.5, 0.6) is 0 Å². The van der Waals surface area contributed by atoms with E-state index >= 15 is 0 Å². The maximum absolute atomic E-state index is 12.5. The third-order valence-electron chi connectivity index (χ3n) is 3.73. The maximum Gasteiger partial charge on any atom is 0.241 e. The highest BCUT2D eigenvalue weighted by Gasteiger charge is 2.16. The van der Waals surface area contributed by atoms with Gasteiger partial charge in [-0.05, 0) is 54.6 Å². The van der Waals surface area contributed by atoms with Crippen molar-refractivity contribution in [2.75, 3.05) is 0 Å². The van der Waals surface area contributed by atoms with Gasteiger partial charge in [-0.1, -0.05) is 17.7 Å². The summed E-state index contributed by atoms with van der Waals surface area (Å²) < 4.78 is 27.7. The largest absolute Gasteiger partial charge is 0.256 e. The van der Waals surface area contributed by atoms with E-state index in [4.69, 9.17) is 0 Å². The third-order valence-corrected chi connectivity index (χ3v) is 5.97. The Morgan fingerprint density at radius 3 is 2.67 bits per heavy atom. The van der Waals surface area contributed by atoms with Crippen LogP contribution in [-0.2, 0) is 16.6 Å². The fourth-order valence-corrected chi connectivity index (χ4v) is 4.40. The van der Waals surface area contributed by atoms with Gasteiger partial charge in [-0.2, -0.15) is 11.3 Å². The first-order chi connectivity index (χ1) is 11.5. The van der Waals surface area contributed by atoms with Gasteiger partial charge in [0.25, 0.3) is 0 Å². The van der Waals surface area contributed by atoms with Crippen molar-refractivity contribution >= 4 is 21.4 Å². The summed E-state index contributed by atoms with van der Waals surface area (Å²) in [4.78, 5) is 4.66. The lowest BCUT2D eigenvalue weighted by Gasteiger charge is -2.10. The van der Waals surface area contributed by atoms with Crippen LogP contribution in [0.15, 0.2) is 58.3 Å². The zero-order valence-corrected chi connectivity index (χ0v) is 15.1. The smallest absolute Gasteiger partial charge is 0.241 e. The molecular formula is C18H18N2O2S2. The Labute approximate surface area is 146 Å². The van der Waals surface area contributed by atoms with Gasteiger partial charge < -0.3 is 0 Å². The van der Waals surface area contributed by atoms with Crippen molar-refractivity contribution in [2.45, 2.75) is 25.3 Å². The Morgan fingerprint density at radius 1 is 1.12 bits per heavy atom. The first-order valence-electron chi connectivity index (χ1n) is 7.50. The number of hydrogen-bond donors (Lipinski definition) is 1. The minimum absolute atomic E-state index is 0.231. The van der Waals surface area contributed by atoms with Gasteiger partial charge in [0.2, 0.25) is 10.0 Å². The number of nitrogens with one attached hydrogen (secondary N) is 1. The quantitative estimate of drug-likeness (QED) is 0.752. The van der Waals surface area contributed by atoms with E-state index < -0.39 is 10.0 Å². The van der Waals surface area contributed by atoms with Crippen molar-refractivity contribution in [1.29, 1.82) is 0 Å². The van der Waals surface area contributed by atoms with Gasteiger partial charge >= 0.3 is 0 Å². The average molecular weight is 358 g/mol. The van der Waals surface area contributed by atoms with Crippen molar-refractivity contribution in [3.63, 3.8) is 0 Å². The number of nitrogens with zero attached hydrogens (tertiary/aromatic N) is 1. The van der Waals surface area contributed by atoms with Crippen molar-refractivity contribution < 1.29 is 8.42 Å². The molecule has 0 aliphatic heterocycles. The van der Waals surface area contributed by atoms with Gasteiger partial charge in [0.05, 0.1) is 10.6 Å². The van der Waals surface area contributed by atoms with E-state index in [-0.39, 0.29) is 6.54 Å². The number of sulfonamides is 1. The summed E-state index contributed by atoms with van der Waals surface area (Å²) in [7, 11) is -3.54. The molecule has 3 rings (SSSR count). The van der Waals surface area contributed by atoms with Crippen LogP contribution in [0.2, 0.25) is 0 Å². The second-order valence-corrected chi connectivity index (χ2v) is 8.17. The summed E-state index contributed by atoms with van der Waals surface area (Å²) in [5.74, 6) is 0. The summed E-state index contributed by atoms with van der Waals surface area (Å²) in [6.45, 7) is 3.98. The highest BCUT2D eigenvalue weighted by atomic mass is 32.2. The van der Waals surface area contributed by atoms with Gasteiger partial charge in [0.1, 0.15) is 0 Å². The molecule has 3 aromatic rings. The molecule has 0 amide bonds. The number of aryl methyl sites for hydroxylation is 2. The normalized spacial score (nSPS) is 11.6. The molecule has 124 valence electrons. The molecule has 4 nitrogen and oxygen atoms in total. The van der Waals surface area contributed by atoms with Gasteiger partial charge in [-0.25, -0.2) is 13.1 Å². The Kier molecular flexibility index (Phi) is 4.80. The average Bonchev–Trinajstić information content (AvgIpc) is 3.07. The Balaban J connectivity index is 1.79. The lowest BCUT2D eigenvalue weighted by molar-refractivity contribution is 0.580. The summed E-state index contributed by atoms with van der Waals surface area (Å²) in [6.07, 6.45) is 1.70. The molecular weight excluding hydrogens is 340 g/mol. The molecule has 0 bridgehead atoms. The second kappa shape index (κ2) is 6.84. The number of hydrogen-bond acceptors (Lipinski definition) is 4. The first-order valence-corrected chi connectivity index (χ1v) is 9.93. The van der Waals surface area contributed by atoms with Crippen molar-refractivity contribution in [1.82, 2.24) is 9.71 Å². The van der Waals surface area contributed by atoms with E-state index in [0.29, 0.717) is 4.90 Å².